The monoisotopic (exact) mass is 903 g/mol. The highest BCUT2D eigenvalue weighted by atomic mass is 15.1. The first-order valence-electron chi connectivity index (χ1n) is 24.9. The minimum Gasteiger partial charge on any atom is -0.310 e. The molecule has 0 N–H and O–H groups in total. The second kappa shape index (κ2) is 15.9. The van der Waals surface area contributed by atoms with Crippen LogP contribution in [0.15, 0.2) is 261 Å². The van der Waals surface area contributed by atoms with Crippen LogP contribution in [0, 0.1) is 0 Å². The summed E-state index contributed by atoms with van der Waals surface area (Å²) in [5.74, 6) is 0. The van der Waals surface area contributed by atoms with E-state index in [2.05, 4.69) is 280 Å². The Labute approximate surface area is 416 Å². The molecule has 3 aliphatic rings. The second-order valence-corrected chi connectivity index (χ2v) is 19.9. The van der Waals surface area contributed by atoms with Crippen molar-refractivity contribution in [2.75, 3.05) is 4.90 Å². The highest BCUT2D eigenvalue weighted by Gasteiger charge is 2.51. The van der Waals surface area contributed by atoms with Gasteiger partial charge in [-0.1, -0.05) is 238 Å². The first kappa shape index (κ1) is 41.2. The van der Waals surface area contributed by atoms with Crippen LogP contribution in [0.3, 0.4) is 0 Å². The molecule has 0 unspecified atom stereocenters. The normalized spacial score (nSPS) is 13.7. The van der Waals surface area contributed by atoms with Gasteiger partial charge in [0.1, 0.15) is 0 Å². The zero-order valence-corrected chi connectivity index (χ0v) is 39.8. The summed E-state index contributed by atoms with van der Waals surface area (Å²) in [6.07, 6.45) is 0. The summed E-state index contributed by atoms with van der Waals surface area (Å²) in [4.78, 5) is 2.53. The maximum absolute atomic E-state index is 2.53. The Bertz CT molecular complexity index is 3870. The lowest BCUT2D eigenvalue weighted by molar-refractivity contribution is 0.660. The SMILES string of the molecule is CC1(C)c2ccccc2-c2cc(-c3cccc(N(c4ccc5c(c4)-c4ccccc4C54c5ccccc5-c5ccccc54)c4cccc(-c5ccccc5)c4-c4ccccc4-c4ccccc4)c3)ccc21. The average Bonchev–Trinajstić information content (AvgIpc) is 4.00. The lowest BCUT2D eigenvalue weighted by Crippen LogP contribution is -2.25. The minimum atomic E-state index is -0.434. The highest BCUT2D eigenvalue weighted by Crippen LogP contribution is 2.63. The van der Waals surface area contributed by atoms with E-state index in [4.69, 9.17) is 0 Å². The number of benzene rings is 11. The van der Waals surface area contributed by atoms with Crippen LogP contribution in [-0.2, 0) is 10.8 Å². The van der Waals surface area contributed by atoms with E-state index in [9.17, 15) is 0 Å². The summed E-state index contributed by atoms with van der Waals surface area (Å²) in [6.45, 7) is 4.71. The molecule has 0 aromatic heterocycles. The van der Waals surface area contributed by atoms with Gasteiger partial charge in [-0.2, -0.15) is 0 Å². The summed E-state index contributed by atoms with van der Waals surface area (Å²) in [5.41, 5.74) is 28.2. The van der Waals surface area contributed by atoms with E-state index in [1.165, 1.54) is 111 Å². The number of hydrogen-bond donors (Lipinski definition) is 0. The Morgan fingerprint density at radius 1 is 0.254 bits per heavy atom. The molecule has 334 valence electrons. The molecule has 0 bridgehead atoms. The van der Waals surface area contributed by atoms with E-state index in [0.29, 0.717) is 0 Å². The van der Waals surface area contributed by atoms with Gasteiger partial charge in [-0.05, 0) is 142 Å². The third-order valence-electron chi connectivity index (χ3n) is 15.9. The van der Waals surface area contributed by atoms with Crippen LogP contribution < -0.4 is 4.90 Å². The van der Waals surface area contributed by atoms with Crippen molar-refractivity contribution >= 4 is 17.1 Å². The fourth-order valence-corrected chi connectivity index (χ4v) is 12.8. The predicted molar refractivity (Wildman–Crippen MR) is 297 cm³/mol. The summed E-state index contributed by atoms with van der Waals surface area (Å²) in [5, 5.41) is 0. The van der Waals surface area contributed by atoms with Crippen LogP contribution in [0.25, 0.3) is 77.9 Å². The molecule has 3 aliphatic carbocycles. The molecule has 1 nitrogen and oxygen atoms in total. The molecule has 11 aromatic rings. The van der Waals surface area contributed by atoms with Crippen molar-refractivity contribution in [3.63, 3.8) is 0 Å². The maximum atomic E-state index is 2.53. The van der Waals surface area contributed by atoms with Crippen molar-refractivity contribution < 1.29 is 0 Å². The molecule has 0 amide bonds. The van der Waals surface area contributed by atoms with E-state index < -0.39 is 5.41 Å². The molecular weight excluding hydrogens is 855 g/mol. The topological polar surface area (TPSA) is 3.24 Å². The molecule has 0 fully saturated rings. The van der Waals surface area contributed by atoms with Gasteiger partial charge in [-0.25, -0.2) is 0 Å². The highest BCUT2D eigenvalue weighted by molar-refractivity contribution is 6.03. The van der Waals surface area contributed by atoms with E-state index in [0.717, 1.165) is 17.1 Å². The summed E-state index contributed by atoms with van der Waals surface area (Å²) in [6, 6.07) is 97.4. The first-order valence-corrected chi connectivity index (χ1v) is 24.9. The number of anilines is 3. The quantitative estimate of drug-likeness (QED) is 0.154. The molecule has 0 aliphatic heterocycles. The molecule has 1 spiro atoms. The standard InChI is InChI=1S/C70H49N/c1-69(2)61-34-15-11-30-56(61)59-44-49(39-41-62(59)69)48-25-19-26-50(43-48)71(67-38-20-33-53(47-23-7-4-8-24-47)68(67)58-32-10-9-27-52(58)46-21-5-3-6-22-46)51-40-42-66-60(45-51)57-31-14-18-37-65(57)70(66)63-35-16-12-28-54(63)55-29-13-17-36-64(55)70/h3-45H,1-2H3. The fourth-order valence-electron chi connectivity index (χ4n) is 12.8. The van der Waals surface area contributed by atoms with E-state index in [-0.39, 0.29) is 5.41 Å². The first-order chi connectivity index (χ1) is 35.0. The average molecular weight is 904 g/mol. The van der Waals surface area contributed by atoms with E-state index >= 15 is 0 Å². The summed E-state index contributed by atoms with van der Waals surface area (Å²) < 4.78 is 0. The molecular formula is C70H49N. The van der Waals surface area contributed by atoms with Gasteiger partial charge in [-0.3, -0.25) is 0 Å². The Morgan fingerprint density at radius 2 is 0.662 bits per heavy atom. The van der Waals surface area contributed by atoms with Gasteiger partial charge in [-0.15, -0.1) is 0 Å². The van der Waals surface area contributed by atoms with Gasteiger partial charge < -0.3 is 4.90 Å². The van der Waals surface area contributed by atoms with Crippen LogP contribution >= 0.6 is 0 Å². The van der Waals surface area contributed by atoms with E-state index in [1.54, 1.807) is 0 Å². The van der Waals surface area contributed by atoms with Crippen LogP contribution in [0.2, 0.25) is 0 Å². The molecule has 0 saturated heterocycles. The van der Waals surface area contributed by atoms with Gasteiger partial charge in [0.25, 0.3) is 0 Å². The Morgan fingerprint density at radius 3 is 1.31 bits per heavy atom. The molecule has 0 atom stereocenters. The van der Waals surface area contributed by atoms with Gasteiger partial charge >= 0.3 is 0 Å². The molecule has 14 rings (SSSR count). The van der Waals surface area contributed by atoms with Crippen LogP contribution in [-0.4, -0.2) is 0 Å². The van der Waals surface area contributed by atoms with Crippen LogP contribution in [0.1, 0.15) is 47.2 Å². The van der Waals surface area contributed by atoms with Crippen molar-refractivity contribution in [3.8, 4) is 77.9 Å². The summed E-state index contributed by atoms with van der Waals surface area (Å²) in [7, 11) is 0. The van der Waals surface area contributed by atoms with Crippen molar-refractivity contribution in [2.24, 2.45) is 0 Å². The lowest BCUT2D eigenvalue weighted by atomic mass is 9.70. The van der Waals surface area contributed by atoms with Gasteiger partial charge in [0.05, 0.1) is 11.1 Å². The molecule has 71 heavy (non-hydrogen) atoms. The largest absolute Gasteiger partial charge is 0.310 e. The number of hydrogen-bond acceptors (Lipinski definition) is 1. The third kappa shape index (κ3) is 6.06. The van der Waals surface area contributed by atoms with Crippen LogP contribution in [0.5, 0.6) is 0 Å². The maximum Gasteiger partial charge on any atom is 0.0725 e. The van der Waals surface area contributed by atoms with Crippen LogP contribution in [0.4, 0.5) is 17.1 Å². The molecule has 0 heterocycles. The molecule has 1 heteroatoms. The second-order valence-electron chi connectivity index (χ2n) is 19.9. The predicted octanol–water partition coefficient (Wildman–Crippen LogP) is 18.5. The van der Waals surface area contributed by atoms with Crippen molar-refractivity contribution in [2.45, 2.75) is 24.7 Å². The number of nitrogens with zero attached hydrogens (tertiary/aromatic N) is 1. The zero-order chi connectivity index (χ0) is 47.3. The van der Waals surface area contributed by atoms with Crippen molar-refractivity contribution in [1.82, 2.24) is 0 Å². The van der Waals surface area contributed by atoms with Gasteiger partial charge in [0.15, 0.2) is 0 Å². The Balaban J connectivity index is 1.03. The molecule has 0 saturated carbocycles. The van der Waals surface area contributed by atoms with Crippen molar-refractivity contribution in [3.05, 3.63) is 294 Å². The fraction of sp³-hybridized carbons (Fsp3) is 0.0571. The van der Waals surface area contributed by atoms with Crippen molar-refractivity contribution in [1.29, 1.82) is 0 Å². The van der Waals surface area contributed by atoms with E-state index in [1.807, 2.05) is 0 Å². The summed E-state index contributed by atoms with van der Waals surface area (Å²) >= 11 is 0. The Hall–Kier alpha value is -8.78. The molecule has 11 aromatic carbocycles. The van der Waals surface area contributed by atoms with Gasteiger partial charge in [0.2, 0.25) is 0 Å². The number of rotatable bonds is 7. The minimum absolute atomic E-state index is 0.0628. The zero-order valence-electron chi connectivity index (χ0n) is 39.8. The third-order valence-corrected chi connectivity index (χ3v) is 15.9. The van der Waals surface area contributed by atoms with Gasteiger partial charge in [0, 0.05) is 22.4 Å². The lowest BCUT2D eigenvalue weighted by Gasteiger charge is -2.32. The Kier molecular flexibility index (Phi) is 9.22. The number of fused-ring (bicyclic) bond motifs is 13. The molecule has 0 radical (unpaired) electrons. The smallest absolute Gasteiger partial charge is 0.0725 e.